The van der Waals surface area contributed by atoms with E-state index in [0.29, 0.717) is 6.54 Å². The summed E-state index contributed by atoms with van der Waals surface area (Å²) in [6.45, 7) is 10.7. The first-order valence-electron chi connectivity index (χ1n) is 13.0. The highest BCUT2D eigenvalue weighted by Crippen LogP contribution is 2.31. The summed E-state index contributed by atoms with van der Waals surface area (Å²) in [5.74, 6) is -0.0104. The van der Waals surface area contributed by atoms with Gasteiger partial charge in [0, 0.05) is 49.4 Å². The maximum Gasteiger partial charge on any atom is 0.219 e. The summed E-state index contributed by atoms with van der Waals surface area (Å²) in [6, 6.07) is 19.2. The van der Waals surface area contributed by atoms with E-state index in [4.69, 9.17) is 22.3 Å². The summed E-state index contributed by atoms with van der Waals surface area (Å²) < 4.78 is 16.0. The van der Waals surface area contributed by atoms with Crippen LogP contribution in [0.3, 0.4) is 0 Å². The molecule has 3 N–H and O–H groups in total. The van der Waals surface area contributed by atoms with Gasteiger partial charge in [-0.2, -0.15) is 0 Å². The van der Waals surface area contributed by atoms with Gasteiger partial charge in [0.1, 0.15) is 11.6 Å². The number of nitrogens with zero attached hydrogens (tertiary/aromatic N) is 3. The third-order valence-corrected chi connectivity index (χ3v) is 6.98. The summed E-state index contributed by atoms with van der Waals surface area (Å²) in [6.07, 6.45) is 0.193. The van der Waals surface area contributed by atoms with Gasteiger partial charge in [0.05, 0.1) is 16.1 Å². The zero-order chi connectivity index (χ0) is 27.4. The van der Waals surface area contributed by atoms with Crippen molar-refractivity contribution in [2.24, 2.45) is 5.73 Å². The van der Waals surface area contributed by atoms with Crippen molar-refractivity contribution in [1.82, 2.24) is 14.9 Å². The molecule has 1 aromatic heterocycles. The third-order valence-electron chi connectivity index (χ3n) is 6.69. The lowest BCUT2D eigenvalue weighted by atomic mass is 10.0. The average molecular weight is 536 g/mol. The van der Waals surface area contributed by atoms with E-state index in [-0.39, 0.29) is 29.4 Å². The molecule has 3 aromatic carbocycles. The molecule has 0 fully saturated rings. The Bertz CT molecular complexity index is 1410. The second-order valence-electron chi connectivity index (χ2n) is 9.78. The lowest BCUT2D eigenvalue weighted by Gasteiger charge is -2.21. The largest absolute Gasteiger partial charge is 0.372 e. The molecule has 1 heterocycles. The number of hydrogen-bond acceptors (Lipinski definition) is 4. The lowest BCUT2D eigenvalue weighted by Crippen LogP contribution is -2.31. The molecule has 0 saturated heterocycles. The van der Waals surface area contributed by atoms with Gasteiger partial charge in [-0.25, -0.2) is 9.37 Å². The number of imidazole rings is 1. The van der Waals surface area contributed by atoms with Crippen LogP contribution >= 0.6 is 11.6 Å². The number of nitrogens with two attached hydrogens (primary N) is 1. The van der Waals surface area contributed by atoms with Crippen LogP contribution in [0.5, 0.6) is 0 Å². The molecule has 38 heavy (non-hydrogen) atoms. The van der Waals surface area contributed by atoms with E-state index in [0.717, 1.165) is 52.3 Å². The number of hydrogen-bond donors (Lipinski definition) is 2. The van der Waals surface area contributed by atoms with Crippen molar-refractivity contribution >= 4 is 34.2 Å². The Hall–Kier alpha value is -3.42. The summed E-state index contributed by atoms with van der Waals surface area (Å²) in [4.78, 5) is 19.1. The third kappa shape index (κ3) is 6.17. The van der Waals surface area contributed by atoms with Crippen molar-refractivity contribution in [3.8, 4) is 11.4 Å². The van der Waals surface area contributed by atoms with E-state index in [1.54, 1.807) is 12.1 Å². The number of carbonyl (C=O) groups is 1. The van der Waals surface area contributed by atoms with E-state index in [1.807, 2.05) is 32.0 Å². The molecule has 0 bridgehead atoms. The molecule has 4 aromatic rings. The van der Waals surface area contributed by atoms with E-state index in [9.17, 15) is 9.18 Å². The van der Waals surface area contributed by atoms with Gasteiger partial charge < -0.3 is 20.5 Å². The molecule has 6 nitrogen and oxygen atoms in total. The normalized spacial score (nSPS) is 12.3. The van der Waals surface area contributed by atoms with Crippen LogP contribution < -0.4 is 16.0 Å². The Morgan fingerprint density at radius 3 is 2.39 bits per heavy atom. The zero-order valence-corrected chi connectivity index (χ0v) is 23.1. The summed E-state index contributed by atoms with van der Waals surface area (Å²) in [5.41, 5.74) is 11.2. The highest BCUT2D eigenvalue weighted by Gasteiger charge is 2.19. The molecule has 0 aliphatic rings. The van der Waals surface area contributed by atoms with Crippen molar-refractivity contribution in [2.75, 3.05) is 18.0 Å². The number of nitrogens with one attached hydrogen (secondary N) is 1. The summed E-state index contributed by atoms with van der Waals surface area (Å²) in [7, 11) is 0. The second kappa shape index (κ2) is 12.0. The number of fused-ring (bicyclic) bond motifs is 1. The highest BCUT2D eigenvalue weighted by molar-refractivity contribution is 6.30. The Kier molecular flexibility index (Phi) is 8.69. The van der Waals surface area contributed by atoms with Crippen molar-refractivity contribution in [2.45, 2.75) is 52.7 Å². The van der Waals surface area contributed by atoms with Gasteiger partial charge in [0.2, 0.25) is 5.91 Å². The van der Waals surface area contributed by atoms with Gasteiger partial charge in [0.15, 0.2) is 0 Å². The predicted octanol–water partition coefficient (Wildman–Crippen LogP) is 6.30. The Balaban J connectivity index is 1.82. The summed E-state index contributed by atoms with van der Waals surface area (Å²) >= 11 is 6.09. The molecule has 0 radical (unpaired) electrons. The minimum Gasteiger partial charge on any atom is -0.372 e. The first-order valence-corrected chi connectivity index (χ1v) is 13.4. The van der Waals surface area contributed by atoms with Crippen LogP contribution in [0.25, 0.3) is 22.4 Å². The van der Waals surface area contributed by atoms with Crippen LogP contribution in [0, 0.1) is 5.82 Å². The second-order valence-corrected chi connectivity index (χ2v) is 10.2. The molecule has 8 heteroatoms. The molecule has 0 aliphatic carbocycles. The fourth-order valence-corrected chi connectivity index (χ4v) is 5.05. The van der Waals surface area contributed by atoms with Crippen molar-refractivity contribution < 1.29 is 9.18 Å². The maximum absolute atomic E-state index is 13.8. The molecule has 1 atom stereocenters. The molecule has 1 unspecified atom stereocenters. The number of anilines is 1. The Labute approximate surface area is 228 Å². The number of carbonyl (C=O) groups excluding carboxylic acids is 1. The van der Waals surface area contributed by atoms with Gasteiger partial charge in [-0.15, -0.1) is 0 Å². The highest BCUT2D eigenvalue weighted by atomic mass is 35.5. The van der Waals surface area contributed by atoms with Gasteiger partial charge in [-0.3, -0.25) is 4.79 Å². The first-order chi connectivity index (χ1) is 18.2. The molecule has 1 amide bonds. The lowest BCUT2D eigenvalue weighted by molar-refractivity contribution is -0.118. The van der Waals surface area contributed by atoms with Crippen molar-refractivity contribution in [3.05, 3.63) is 82.6 Å². The molecular formula is C30H35ClFN5O. The maximum atomic E-state index is 13.8. The van der Waals surface area contributed by atoms with Crippen LogP contribution in [0.1, 0.15) is 51.3 Å². The Morgan fingerprint density at radius 2 is 1.79 bits per heavy atom. The van der Waals surface area contributed by atoms with Crippen molar-refractivity contribution in [3.63, 3.8) is 0 Å². The predicted molar refractivity (Wildman–Crippen MR) is 154 cm³/mol. The molecule has 0 spiro atoms. The number of primary amides is 1. The van der Waals surface area contributed by atoms with Gasteiger partial charge in [0.25, 0.3) is 0 Å². The molecule has 4 rings (SSSR count). The number of halogens is 2. The van der Waals surface area contributed by atoms with E-state index in [2.05, 4.69) is 52.9 Å². The number of aromatic nitrogens is 2. The van der Waals surface area contributed by atoms with Crippen LogP contribution in [0.15, 0.2) is 60.7 Å². The van der Waals surface area contributed by atoms with Crippen LogP contribution in [0.4, 0.5) is 10.1 Å². The first kappa shape index (κ1) is 27.6. The number of benzene rings is 3. The standard InChI is InChI=1S/C30H35ClFN5O/c1-5-36(6-2)23-11-8-21(9-12-23)30-35-27-16-22(26(17-29(33)38)34-19(3)4)10-14-28(27)37(30)18-20-7-13-25(32)24(31)15-20/h7-16,19,26,34H,5-6,17-18H2,1-4H3,(H2,33,38). The molecule has 200 valence electrons. The van der Waals surface area contributed by atoms with Gasteiger partial charge in [-0.1, -0.05) is 37.6 Å². The SMILES string of the molecule is CCN(CC)c1ccc(-c2nc3cc(C(CC(N)=O)NC(C)C)ccc3n2Cc2ccc(F)c(Cl)c2)cc1. The fraction of sp³-hybridized carbons (Fsp3) is 0.333. The van der Waals surface area contributed by atoms with Crippen LogP contribution in [-0.2, 0) is 11.3 Å². The average Bonchev–Trinajstić information content (AvgIpc) is 3.24. The van der Waals surface area contributed by atoms with E-state index >= 15 is 0 Å². The van der Waals surface area contributed by atoms with Crippen LogP contribution in [-0.4, -0.2) is 34.6 Å². The smallest absolute Gasteiger partial charge is 0.219 e. The quantitative estimate of drug-likeness (QED) is 0.236. The minimum absolute atomic E-state index is 0.0911. The number of amides is 1. The summed E-state index contributed by atoms with van der Waals surface area (Å²) in [5, 5.41) is 3.53. The molecular weight excluding hydrogens is 501 g/mol. The topological polar surface area (TPSA) is 76.2 Å². The monoisotopic (exact) mass is 535 g/mol. The van der Waals surface area contributed by atoms with E-state index in [1.165, 1.54) is 6.07 Å². The fourth-order valence-electron chi connectivity index (χ4n) is 4.85. The molecule has 0 saturated carbocycles. The zero-order valence-electron chi connectivity index (χ0n) is 22.3. The van der Waals surface area contributed by atoms with Gasteiger partial charge >= 0.3 is 0 Å². The van der Waals surface area contributed by atoms with E-state index < -0.39 is 5.82 Å². The Morgan fingerprint density at radius 1 is 1.08 bits per heavy atom. The number of rotatable bonds is 11. The van der Waals surface area contributed by atoms with Gasteiger partial charge in [-0.05, 0) is 73.5 Å². The van der Waals surface area contributed by atoms with Crippen molar-refractivity contribution in [1.29, 1.82) is 0 Å². The molecule has 0 aliphatic heterocycles. The van der Waals surface area contributed by atoms with Crippen LogP contribution in [0.2, 0.25) is 5.02 Å². The minimum atomic E-state index is -0.444.